The average Bonchev–Trinajstić information content (AvgIpc) is 2.64. The van der Waals surface area contributed by atoms with E-state index in [0.717, 1.165) is 0 Å². The number of ketones is 1. The van der Waals surface area contributed by atoms with Gasteiger partial charge >= 0.3 is 5.97 Å². The number of nitrogens with zero attached hydrogens (tertiary/aromatic N) is 1. The molecule has 0 spiro atoms. The van der Waals surface area contributed by atoms with Crippen LogP contribution in [0.3, 0.4) is 0 Å². The molecule has 0 saturated carbocycles. The van der Waals surface area contributed by atoms with E-state index in [9.17, 15) is 14.4 Å². The molecule has 0 aliphatic carbocycles. The van der Waals surface area contributed by atoms with E-state index in [2.05, 4.69) is 13.2 Å². The molecule has 140 valence electrons. The molecule has 1 rings (SSSR count). The monoisotopic (exact) mass is 359 g/mol. The van der Waals surface area contributed by atoms with E-state index in [1.54, 1.807) is 36.4 Å². The Kier molecular flexibility index (Phi) is 9.46. The van der Waals surface area contributed by atoms with Gasteiger partial charge in [-0.3, -0.25) is 14.4 Å². The van der Waals surface area contributed by atoms with E-state index in [1.165, 1.54) is 4.90 Å². The largest absolute Gasteiger partial charge is 0.494 e. The first-order valence-corrected chi connectivity index (χ1v) is 8.43. The molecule has 0 bridgehead atoms. The molecule has 0 aromatic heterocycles. The zero-order chi connectivity index (χ0) is 19.4. The van der Waals surface area contributed by atoms with Crippen molar-refractivity contribution in [3.8, 4) is 5.75 Å². The molecule has 0 aliphatic heterocycles. The van der Waals surface area contributed by atoms with Gasteiger partial charge in [-0.1, -0.05) is 12.2 Å². The molecule has 0 atom stereocenters. The Bertz CT molecular complexity index is 626. The van der Waals surface area contributed by atoms with Crippen molar-refractivity contribution in [2.75, 3.05) is 26.3 Å². The molecule has 0 aliphatic rings. The average molecular weight is 359 g/mol. The van der Waals surface area contributed by atoms with Gasteiger partial charge in [0.05, 0.1) is 13.0 Å². The van der Waals surface area contributed by atoms with Crippen molar-refractivity contribution in [2.24, 2.45) is 0 Å². The van der Waals surface area contributed by atoms with Crippen LogP contribution in [0.4, 0.5) is 0 Å². The van der Waals surface area contributed by atoms with E-state index >= 15 is 0 Å². The molecule has 0 unspecified atom stereocenters. The molecule has 1 aromatic rings. The Morgan fingerprint density at radius 1 is 1.04 bits per heavy atom. The van der Waals surface area contributed by atoms with Crippen molar-refractivity contribution < 1.29 is 23.9 Å². The molecule has 6 nitrogen and oxygen atoms in total. The maximum Gasteiger partial charge on any atom is 0.306 e. The van der Waals surface area contributed by atoms with Crippen LogP contribution >= 0.6 is 0 Å². The van der Waals surface area contributed by atoms with Gasteiger partial charge in [0.25, 0.3) is 5.91 Å². The zero-order valence-electron chi connectivity index (χ0n) is 15.1. The molecule has 1 aromatic carbocycles. The highest BCUT2D eigenvalue weighted by molar-refractivity contribution is 5.97. The number of esters is 1. The number of rotatable bonds is 12. The van der Waals surface area contributed by atoms with Crippen molar-refractivity contribution in [2.45, 2.75) is 19.8 Å². The maximum atomic E-state index is 12.1. The fraction of sp³-hybridized carbons (Fsp3) is 0.350. The minimum atomic E-state index is -0.588. The molecule has 0 heterocycles. The van der Waals surface area contributed by atoms with Crippen LogP contribution in [0.25, 0.3) is 0 Å². The summed E-state index contributed by atoms with van der Waals surface area (Å²) >= 11 is 0. The minimum Gasteiger partial charge on any atom is -0.494 e. The van der Waals surface area contributed by atoms with Crippen LogP contribution in [0.5, 0.6) is 5.75 Å². The molecule has 6 heteroatoms. The zero-order valence-corrected chi connectivity index (χ0v) is 15.1. The summed E-state index contributed by atoms with van der Waals surface area (Å²) < 4.78 is 10.3. The molecule has 26 heavy (non-hydrogen) atoms. The van der Waals surface area contributed by atoms with Gasteiger partial charge in [0.2, 0.25) is 0 Å². The lowest BCUT2D eigenvalue weighted by molar-refractivity contribution is -0.151. The highest BCUT2D eigenvalue weighted by atomic mass is 16.5. The summed E-state index contributed by atoms with van der Waals surface area (Å²) in [5.41, 5.74) is 0.500. The predicted molar refractivity (Wildman–Crippen MR) is 99.1 cm³/mol. The lowest BCUT2D eigenvalue weighted by atomic mass is 10.1. The summed E-state index contributed by atoms with van der Waals surface area (Å²) in [6.07, 6.45) is 3.10. The second-order valence-electron chi connectivity index (χ2n) is 5.42. The van der Waals surface area contributed by atoms with E-state index in [0.29, 0.717) is 31.0 Å². The third-order valence-corrected chi connectivity index (χ3v) is 3.45. The first-order valence-electron chi connectivity index (χ1n) is 8.43. The number of carbonyl (C=O) groups excluding carboxylic acids is 3. The third-order valence-electron chi connectivity index (χ3n) is 3.45. The van der Waals surface area contributed by atoms with E-state index in [1.807, 2.05) is 6.92 Å². The van der Waals surface area contributed by atoms with Crippen LogP contribution in [0, 0.1) is 0 Å². The summed E-state index contributed by atoms with van der Waals surface area (Å²) in [7, 11) is 0. The molecule has 1 amide bonds. The smallest absolute Gasteiger partial charge is 0.306 e. The maximum absolute atomic E-state index is 12.1. The van der Waals surface area contributed by atoms with Gasteiger partial charge in [0, 0.05) is 25.1 Å². The highest BCUT2D eigenvalue weighted by Crippen LogP contribution is 2.14. The summed E-state index contributed by atoms with van der Waals surface area (Å²) in [6.45, 7) is 9.90. The van der Waals surface area contributed by atoms with E-state index in [-0.39, 0.29) is 31.1 Å². The second kappa shape index (κ2) is 11.6. The van der Waals surface area contributed by atoms with Crippen LogP contribution in [0.15, 0.2) is 49.6 Å². The molecule has 0 radical (unpaired) electrons. The summed E-state index contributed by atoms with van der Waals surface area (Å²) in [4.78, 5) is 37.2. The fourth-order valence-electron chi connectivity index (χ4n) is 2.16. The lowest BCUT2D eigenvalue weighted by Gasteiger charge is -2.18. The number of carbonyl (C=O) groups is 3. The number of hydrogen-bond donors (Lipinski definition) is 0. The van der Waals surface area contributed by atoms with Crippen molar-refractivity contribution in [3.05, 3.63) is 55.1 Å². The number of Topliss-reactive ketones (excluding diaryl/α,β-unsaturated/α-hetero) is 1. The first-order chi connectivity index (χ1) is 12.5. The fourth-order valence-corrected chi connectivity index (χ4v) is 2.16. The van der Waals surface area contributed by atoms with Gasteiger partial charge in [-0.2, -0.15) is 0 Å². The minimum absolute atomic E-state index is 0.0179. The van der Waals surface area contributed by atoms with Crippen molar-refractivity contribution in [1.82, 2.24) is 4.90 Å². The number of hydrogen-bond acceptors (Lipinski definition) is 5. The van der Waals surface area contributed by atoms with Crippen molar-refractivity contribution >= 4 is 17.7 Å². The Morgan fingerprint density at radius 3 is 2.19 bits per heavy atom. The van der Waals surface area contributed by atoms with E-state index in [4.69, 9.17) is 9.47 Å². The Hall–Kier alpha value is -2.89. The van der Waals surface area contributed by atoms with Crippen LogP contribution in [-0.2, 0) is 14.3 Å². The first kappa shape index (κ1) is 21.2. The Balaban J connectivity index is 2.40. The number of benzene rings is 1. The van der Waals surface area contributed by atoms with Crippen LogP contribution in [-0.4, -0.2) is 48.9 Å². The molecular formula is C20H25NO5. The number of amides is 1. The highest BCUT2D eigenvalue weighted by Gasteiger charge is 2.15. The Morgan fingerprint density at radius 2 is 1.65 bits per heavy atom. The molecule has 0 N–H and O–H groups in total. The van der Waals surface area contributed by atoms with Crippen LogP contribution in [0.2, 0.25) is 0 Å². The summed E-state index contributed by atoms with van der Waals surface area (Å²) in [5, 5.41) is 0. The molecule has 0 saturated heterocycles. The lowest BCUT2D eigenvalue weighted by Crippen LogP contribution is -2.35. The van der Waals surface area contributed by atoms with Crippen molar-refractivity contribution in [1.29, 1.82) is 0 Å². The standard InChI is InChI=1S/C20H25NO5/c1-4-13-21(14-5-2)19(23)15-26-20(24)12-11-18(22)16-7-9-17(10-8-16)25-6-3/h4-5,7-10H,1-2,6,11-15H2,3H3. The van der Waals surface area contributed by atoms with Crippen LogP contribution in [0.1, 0.15) is 30.1 Å². The molecular weight excluding hydrogens is 334 g/mol. The topological polar surface area (TPSA) is 72.9 Å². The van der Waals surface area contributed by atoms with Gasteiger partial charge in [-0.05, 0) is 31.2 Å². The van der Waals surface area contributed by atoms with Gasteiger partial charge in [0.1, 0.15) is 5.75 Å². The summed E-state index contributed by atoms with van der Waals surface area (Å²) in [6, 6.07) is 6.73. The van der Waals surface area contributed by atoms with Crippen LogP contribution < -0.4 is 4.74 Å². The Labute approximate surface area is 154 Å². The summed E-state index contributed by atoms with van der Waals surface area (Å²) in [5.74, 6) is -0.410. The second-order valence-corrected chi connectivity index (χ2v) is 5.42. The van der Waals surface area contributed by atoms with E-state index < -0.39 is 5.97 Å². The van der Waals surface area contributed by atoms with Crippen molar-refractivity contribution in [3.63, 3.8) is 0 Å². The predicted octanol–water partition coefficient (Wildman–Crippen LogP) is 2.79. The third kappa shape index (κ3) is 7.34. The molecule has 0 fully saturated rings. The van der Waals surface area contributed by atoms with Gasteiger partial charge in [-0.15, -0.1) is 13.2 Å². The number of ether oxygens (including phenoxy) is 2. The quantitative estimate of drug-likeness (QED) is 0.326. The van der Waals surface area contributed by atoms with Gasteiger partial charge in [-0.25, -0.2) is 0 Å². The SMILES string of the molecule is C=CCN(CC=C)C(=O)COC(=O)CCC(=O)c1ccc(OCC)cc1. The van der Waals surface area contributed by atoms with Gasteiger partial charge in [0.15, 0.2) is 12.4 Å². The van der Waals surface area contributed by atoms with Gasteiger partial charge < -0.3 is 14.4 Å². The normalized spacial score (nSPS) is 9.88.